The lowest BCUT2D eigenvalue weighted by Gasteiger charge is -2.36. The summed E-state index contributed by atoms with van der Waals surface area (Å²) in [6.45, 7) is 25.2. The zero-order chi connectivity index (χ0) is 34.2. The topological polar surface area (TPSA) is 88.2 Å². The molecule has 2 heterocycles. The Morgan fingerprint density at radius 1 is 0.674 bits per heavy atom. The van der Waals surface area contributed by atoms with Crippen LogP contribution in [0.3, 0.4) is 0 Å². The van der Waals surface area contributed by atoms with Crippen LogP contribution in [0.4, 0.5) is 0 Å². The molecule has 248 valence electrons. The third-order valence-electron chi connectivity index (χ3n) is 9.21. The lowest BCUT2D eigenvalue weighted by Crippen LogP contribution is -2.40. The first kappa shape index (κ1) is 37.0. The zero-order valence-corrected chi connectivity index (χ0v) is 31.3. The second-order valence-electron chi connectivity index (χ2n) is 14.9. The monoisotopic (exact) mass is 660 g/mol. The number of carbonyl (C=O) groups excluding carboxylic acids is 2. The summed E-state index contributed by atoms with van der Waals surface area (Å²) in [4.78, 5) is 29.6. The number of hydrogen-bond acceptors (Lipinski definition) is 6. The van der Waals surface area contributed by atoms with Gasteiger partial charge in [0.05, 0.1) is 32.1 Å². The van der Waals surface area contributed by atoms with Gasteiger partial charge in [-0.1, -0.05) is 90.1 Å². The Morgan fingerprint density at radius 3 is 1.54 bits per heavy atom. The largest absolute Gasteiger partial charge is 0.413 e. The van der Waals surface area contributed by atoms with Crippen LogP contribution in [0.25, 0.3) is 0 Å². The minimum Gasteiger partial charge on any atom is -0.413 e. The van der Waals surface area contributed by atoms with Gasteiger partial charge in [0.25, 0.3) is 0 Å². The smallest absolute Gasteiger partial charge is 0.192 e. The molecule has 4 aromatic rings. The van der Waals surface area contributed by atoms with Crippen LogP contribution >= 0.6 is 0 Å². The molecule has 0 spiro atoms. The number of aromatic nitrogens is 4. The third kappa shape index (κ3) is 10.5. The summed E-state index contributed by atoms with van der Waals surface area (Å²) < 4.78 is 16.2. The Balaban J connectivity index is 0.000000250. The molecule has 0 aliphatic carbocycles. The molecular formula is C36H52N4O4Si2. The van der Waals surface area contributed by atoms with Crippen LogP contribution in [-0.4, -0.2) is 48.3 Å². The highest BCUT2D eigenvalue weighted by Gasteiger charge is 2.37. The van der Waals surface area contributed by atoms with Gasteiger partial charge < -0.3 is 18.0 Å². The molecule has 0 aliphatic rings. The summed E-state index contributed by atoms with van der Waals surface area (Å²) in [6.07, 6.45) is 8.28. The van der Waals surface area contributed by atoms with Crippen molar-refractivity contribution in [2.24, 2.45) is 0 Å². The van der Waals surface area contributed by atoms with E-state index in [0.717, 1.165) is 18.1 Å². The number of rotatable bonds is 12. The second-order valence-corrected chi connectivity index (χ2v) is 24.5. The first-order valence-electron chi connectivity index (χ1n) is 15.8. The fourth-order valence-corrected chi connectivity index (χ4v) is 5.86. The normalized spacial score (nSPS) is 12.4. The highest BCUT2D eigenvalue weighted by Crippen LogP contribution is 2.38. The molecule has 4 rings (SSSR count). The first-order chi connectivity index (χ1) is 21.4. The van der Waals surface area contributed by atoms with E-state index < -0.39 is 16.6 Å². The van der Waals surface area contributed by atoms with E-state index in [1.54, 1.807) is 25.0 Å². The Bertz CT molecular complexity index is 1540. The van der Waals surface area contributed by atoms with Crippen molar-refractivity contribution in [3.8, 4) is 0 Å². The highest BCUT2D eigenvalue weighted by molar-refractivity contribution is 6.74. The van der Waals surface area contributed by atoms with Crippen LogP contribution < -0.4 is 0 Å². The Morgan fingerprint density at radius 2 is 1.13 bits per heavy atom. The summed E-state index contributed by atoms with van der Waals surface area (Å²) in [5.74, 6) is 0. The van der Waals surface area contributed by atoms with E-state index in [1.807, 2.05) is 9.13 Å². The molecule has 0 radical (unpaired) electrons. The molecule has 0 atom stereocenters. The van der Waals surface area contributed by atoms with Gasteiger partial charge in [0.1, 0.15) is 11.4 Å². The molecule has 2 aromatic heterocycles. The summed E-state index contributed by atoms with van der Waals surface area (Å²) in [5.41, 5.74) is 5.75. The van der Waals surface area contributed by atoms with Crippen molar-refractivity contribution in [2.75, 3.05) is 0 Å². The molecule has 46 heavy (non-hydrogen) atoms. The van der Waals surface area contributed by atoms with Crippen molar-refractivity contribution in [1.29, 1.82) is 0 Å². The van der Waals surface area contributed by atoms with Crippen molar-refractivity contribution in [1.82, 2.24) is 19.1 Å². The number of aldehydes is 2. The maximum Gasteiger partial charge on any atom is 0.192 e. The average Bonchev–Trinajstić information content (AvgIpc) is 3.64. The molecule has 10 heteroatoms. The number of benzene rings is 2. The second kappa shape index (κ2) is 15.4. The van der Waals surface area contributed by atoms with E-state index in [2.05, 4.69) is 126 Å². The van der Waals surface area contributed by atoms with Crippen LogP contribution in [0.1, 0.15) is 84.8 Å². The molecule has 2 aromatic carbocycles. The summed E-state index contributed by atoms with van der Waals surface area (Å²) in [7, 11) is -3.43. The van der Waals surface area contributed by atoms with E-state index in [1.165, 1.54) is 16.7 Å². The minimum absolute atomic E-state index is 0.222. The first-order valence-corrected chi connectivity index (χ1v) is 21.6. The molecule has 0 N–H and O–H groups in total. The van der Waals surface area contributed by atoms with Crippen molar-refractivity contribution in [3.05, 3.63) is 107 Å². The van der Waals surface area contributed by atoms with E-state index in [0.29, 0.717) is 37.7 Å². The Kier molecular flexibility index (Phi) is 12.4. The van der Waals surface area contributed by atoms with Crippen molar-refractivity contribution < 1.29 is 18.4 Å². The van der Waals surface area contributed by atoms with E-state index >= 15 is 0 Å². The maximum absolute atomic E-state index is 10.9. The van der Waals surface area contributed by atoms with Crippen LogP contribution in [0.5, 0.6) is 0 Å². The molecule has 8 nitrogen and oxygen atoms in total. The van der Waals surface area contributed by atoms with Crippen LogP contribution in [-0.2, 0) is 35.2 Å². The number of nitrogens with zero attached hydrogens (tertiary/aromatic N) is 4. The van der Waals surface area contributed by atoms with Gasteiger partial charge >= 0.3 is 0 Å². The van der Waals surface area contributed by atoms with E-state index in [4.69, 9.17) is 8.85 Å². The highest BCUT2D eigenvalue weighted by atomic mass is 28.4. The third-order valence-corrected chi connectivity index (χ3v) is 18.2. The standard InChI is InChI=1S/2C18H26N2O2Si/c1-18(2,3)23(4,5)22-13-16-8-6-15(7-9-16)11-20-14-19-10-17(20)12-21;1-18(2,3)23(4,5)22-13-16-8-6-15(7-9-16)10-20-11-17(12-21)19-14-20/h6-10,12,14H,11,13H2,1-5H3;6-9,11-12,14H,10,13H2,1-5H3. The fraction of sp³-hybridized carbons (Fsp3) is 0.444. The average molecular weight is 661 g/mol. The predicted octanol–water partition coefficient (Wildman–Crippen LogP) is 8.53. The lowest BCUT2D eigenvalue weighted by atomic mass is 10.1. The van der Waals surface area contributed by atoms with Gasteiger partial charge in [0.15, 0.2) is 29.2 Å². The number of carbonyl (C=O) groups is 2. The van der Waals surface area contributed by atoms with Gasteiger partial charge in [0, 0.05) is 19.3 Å². The summed E-state index contributed by atoms with van der Waals surface area (Å²) in [6, 6.07) is 16.8. The van der Waals surface area contributed by atoms with Crippen molar-refractivity contribution >= 4 is 29.2 Å². The number of hydrogen-bond donors (Lipinski definition) is 0. The van der Waals surface area contributed by atoms with Crippen LogP contribution in [0, 0.1) is 0 Å². The summed E-state index contributed by atoms with van der Waals surface area (Å²) in [5, 5.41) is 0.449. The SMILES string of the molecule is CC(C)(C)[Si](C)(C)OCc1ccc(Cn2cnc(C=O)c2)cc1.CC(C)(C)[Si](C)(C)OCc1ccc(Cn2cncc2C=O)cc1. The number of imidazole rings is 2. The van der Waals surface area contributed by atoms with Crippen LogP contribution in [0.2, 0.25) is 36.3 Å². The Labute approximate surface area is 277 Å². The molecule has 0 unspecified atom stereocenters. The van der Waals surface area contributed by atoms with Gasteiger partial charge in [-0.3, -0.25) is 9.59 Å². The molecule has 0 bridgehead atoms. The maximum atomic E-state index is 10.9. The fourth-order valence-electron chi connectivity index (χ4n) is 3.94. The van der Waals surface area contributed by atoms with E-state index in [9.17, 15) is 9.59 Å². The zero-order valence-electron chi connectivity index (χ0n) is 29.3. The quantitative estimate of drug-likeness (QED) is 0.112. The van der Waals surface area contributed by atoms with Gasteiger partial charge in [-0.2, -0.15) is 0 Å². The lowest BCUT2D eigenvalue weighted by molar-refractivity contribution is 0.111. The van der Waals surface area contributed by atoms with Gasteiger partial charge in [0.2, 0.25) is 0 Å². The molecule has 0 fully saturated rings. The minimum atomic E-state index is -1.72. The molecular weight excluding hydrogens is 609 g/mol. The van der Waals surface area contributed by atoms with E-state index in [-0.39, 0.29) is 10.1 Å². The van der Waals surface area contributed by atoms with Crippen LogP contribution in [0.15, 0.2) is 73.6 Å². The van der Waals surface area contributed by atoms with Crippen molar-refractivity contribution in [3.63, 3.8) is 0 Å². The van der Waals surface area contributed by atoms with Gasteiger partial charge in [-0.15, -0.1) is 0 Å². The van der Waals surface area contributed by atoms with Gasteiger partial charge in [-0.25, -0.2) is 9.97 Å². The van der Waals surface area contributed by atoms with Gasteiger partial charge in [-0.05, 0) is 58.5 Å². The predicted molar refractivity (Wildman–Crippen MR) is 190 cm³/mol. The molecule has 0 saturated carbocycles. The summed E-state index contributed by atoms with van der Waals surface area (Å²) >= 11 is 0. The molecule has 0 aliphatic heterocycles. The van der Waals surface area contributed by atoms with Crippen molar-refractivity contribution in [2.45, 2.75) is 104 Å². The molecule has 0 saturated heterocycles. The molecule has 0 amide bonds. The Hall–Kier alpha value is -3.45.